The maximum absolute atomic E-state index is 12.3. The summed E-state index contributed by atoms with van der Waals surface area (Å²) in [5.41, 5.74) is 0.665. The van der Waals surface area contributed by atoms with Gasteiger partial charge in [0, 0.05) is 17.8 Å². The second kappa shape index (κ2) is 4.74. The van der Waals surface area contributed by atoms with Gasteiger partial charge in [0.05, 0.1) is 6.04 Å². The second-order valence-corrected chi connectivity index (χ2v) is 5.26. The maximum atomic E-state index is 12.3. The van der Waals surface area contributed by atoms with E-state index in [1.807, 2.05) is 51.9 Å². The van der Waals surface area contributed by atoms with Gasteiger partial charge < -0.3 is 0 Å². The van der Waals surface area contributed by atoms with Crippen molar-refractivity contribution in [3.8, 4) is 0 Å². The number of likely N-dealkylation sites (N-methyl/N-ethyl adjacent to an activating group) is 1. The van der Waals surface area contributed by atoms with Gasteiger partial charge in [-0.3, -0.25) is 14.7 Å². The van der Waals surface area contributed by atoms with Crippen LogP contribution in [0.4, 0.5) is 0 Å². The molecule has 1 atom stereocenters. The number of pyridine rings is 1. The Balaban J connectivity index is 3.07. The van der Waals surface area contributed by atoms with Crippen LogP contribution >= 0.6 is 0 Å². The van der Waals surface area contributed by atoms with Crippen molar-refractivity contribution in [3.63, 3.8) is 0 Å². The van der Waals surface area contributed by atoms with Gasteiger partial charge in [-0.15, -0.1) is 0 Å². The molecule has 3 nitrogen and oxygen atoms in total. The topological polar surface area (TPSA) is 33.2 Å². The van der Waals surface area contributed by atoms with Crippen LogP contribution in [-0.2, 0) is 4.79 Å². The van der Waals surface area contributed by atoms with Crippen molar-refractivity contribution in [3.05, 3.63) is 30.1 Å². The number of nitrogens with zero attached hydrogens (tertiary/aromatic N) is 2. The summed E-state index contributed by atoms with van der Waals surface area (Å²) in [6, 6.07) is 3.60. The Hall–Kier alpha value is -1.22. The molecule has 1 aromatic heterocycles. The van der Waals surface area contributed by atoms with E-state index in [1.54, 1.807) is 12.4 Å². The molecule has 0 saturated carbocycles. The third kappa shape index (κ3) is 2.89. The van der Waals surface area contributed by atoms with E-state index in [4.69, 9.17) is 0 Å². The molecule has 1 heterocycles. The molecule has 0 aromatic carbocycles. The van der Waals surface area contributed by atoms with Gasteiger partial charge in [-0.2, -0.15) is 0 Å². The molecule has 0 spiro atoms. The van der Waals surface area contributed by atoms with Crippen molar-refractivity contribution in [2.45, 2.75) is 26.8 Å². The van der Waals surface area contributed by atoms with Gasteiger partial charge in [0.25, 0.3) is 0 Å². The minimum absolute atomic E-state index is 0.192. The lowest BCUT2D eigenvalue weighted by molar-refractivity contribution is -0.131. The van der Waals surface area contributed by atoms with E-state index in [0.717, 1.165) is 5.56 Å². The Morgan fingerprint density at radius 2 is 1.75 bits per heavy atom. The molecule has 0 radical (unpaired) electrons. The Morgan fingerprint density at radius 1 is 1.25 bits per heavy atom. The van der Waals surface area contributed by atoms with E-state index in [2.05, 4.69) is 4.98 Å². The van der Waals surface area contributed by atoms with E-state index >= 15 is 0 Å². The van der Waals surface area contributed by atoms with Gasteiger partial charge in [-0.05, 0) is 31.8 Å². The standard InChI is InChI=1S/C13H20N2O/c1-13(2,3)12(16)11(15(4)5)10-6-8-14-9-7-10/h6-9,11H,1-5H3. The van der Waals surface area contributed by atoms with Gasteiger partial charge in [-0.1, -0.05) is 20.8 Å². The number of hydrogen-bond acceptors (Lipinski definition) is 3. The van der Waals surface area contributed by atoms with Crippen molar-refractivity contribution in [1.82, 2.24) is 9.88 Å². The van der Waals surface area contributed by atoms with E-state index in [9.17, 15) is 4.79 Å². The molecule has 0 amide bonds. The fourth-order valence-electron chi connectivity index (χ4n) is 1.64. The molecule has 1 unspecified atom stereocenters. The molecule has 0 aliphatic rings. The summed E-state index contributed by atoms with van der Waals surface area (Å²) in [5.74, 6) is 0.226. The quantitative estimate of drug-likeness (QED) is 0.783. The summed E-state index contributed by atoms with van der Waals surface area (Å²) in [4.78, 5) is 18.3. The highest BCUT2D eigenvalue weighted by molar-refractivity contribution is 5.89. The van der Waals surface area contributed by atoms with Crippen LogP contribution in [-0.4, -0.2) is 29.8 Å². The predicted molar refractivity (Wildman–Crippen MR) is 65.1 cm³/mol. The van der Waals surface area contributed by atoms with Crippen molar-refractivity contribution >= 4 is 5.78 Å². The Bertz CT molecular complexity index is 352. The van der Waals surface area contributed by atoms with Crippen LogP contribution in [0.15, 0.2) is 24.5 Å². The van der Waals surface area contributed by atoms with Crippen LogP contribution in [0.25, 0.3) is 0 Å². The Morgan fingerprint density at radius 3 is 2.12 bits per heavy atom. The van der Waals surface area contributed by atoms with Crippen LogP contribution in [0.1, 0.15) is 32.4 Å². The van der Waals surface area contributed by atoms with Crippen LogP contribution in [0.5, 0.6) is 0 Å². The number of Topliss-reactive ketones (excluding diaryl/α,β-unsaturated/α-hetero) is 1. The molecule has 16 heavy (non-hydrogen) atoms. The SMILES string of the molecule is CN(C)C(C(=O)C(C)(C)C)c1ccncc1. The number of ketones is 1. The first-order chi connectivity index (χ1) is 7.34. The first-order valence-electron chi connectivity index (χ1n) is 5.44. The summed E-state index contributed by atoms with van der Waals surface area (Å²) >= 11 is 0. The number of carbonyl (C=O) groups is 1. The zero-order chi connectivity index (χ0) is 12.3. The smallest absolute Gasteiger partial charge is 0.159 e. The lowest BCUT2D eigenvalue weighted by atomic mass is 9.83. The van der Waals surface area contributed by atoms with Crippen LogP contribution in [0.3, 0.4) is 0 Å². The summed E-state index contributed by atoms with van der Waals surface area (Å²) in [6.45, 7) is 5.85. The fourth-order valence-corrected chi connectivity index (χ4v) is 1.64. The molecule has 0 fully saturated rings. The average Bonchev–Trinajstić information content (AvgIpc) is 2.17. The number of aromatic nitrogens is 1. The maximum Gasteiger partial charge on any atom is 0.159 e. The molecule has 1 rings (SSSR count). The zero-order valence-corrected chi connectivity index (χ0v) is 10.7. The lowest BCUT2D eigenvalue weighted by Gasteiger charge is -2.29. The van der Waals surface area contributed by atoms with Crippen molar-refractivity contribution in [1.29, 1.82) is 0 Å². The molecule has 1 aromatic rings. The molecule has 0 aliphatic heterocycles. The highest BCUT2D eigenvalue weighted by Crippen LogP contribution is 2.28. The summed E-state index contributed by atoms with van der Waals surface area (Å²) < 4.78 is 0. The Kier molecular flexibility index (Phi) is 3.81. The van der Waals surface area contributed by atoms with Gasteiger partial charge in [-0.25, -0.2) is 0 Å². The minimum atomic E-state index is -0.335. The normalized spacial score (nSPS) is 13.9. The van der Waals surface area contributed by atoms with Crippen LogP contribution in [0.2, 0.25) is 0 Å². The Labute approximate surface area is 97.5 Å². The summed E-state index contributed by atoms with van der Waals surface area (Å²) in [7, 11) is 3.85. The highest BCUT2D eigenvalue weighted by Gasteiger charge is 2.31. The van der Waals surface area contributed by atoms with E-state index < -0.39 is 0 Å². The van der Waals surface area contributed by atoms with Gasteiger partial charge in [0.1, 0.15) is 0 Å². The van der Waals surface area contributed by atoms with Crippen LogP contribution in [0, 0.1) is 5.41 Å². The number of carbonyl (C=O) groups excluding carboxylic acids is 1. The highest BCUT2D eigenvalue weighted by atomic mass is 16.1. The van der Waals surface area contributed by atoms with Crippen molar-refractivity contribution in [2.75, 3.05) is 14.1 Å². The van der Waals surface area contributed by atoms with E-state index in [-0.39, 0.29) is 17.2 Å². The molecule has 0 bridgehead atoms. The van der Waals surface area contributed by atoms with Crippen molar-refractivity contribution < 1.29 is 4.79 Å². The van der Waals surface area contributed by atoms with E-state index in [1.165, 1.54) is 0 Å². The largest absolute Gasteiger partial charge is 0.297 e. The first-order valence-corrected chi connectivity index (χ1v) is 5.44. The van der Waals surface area contributed by atoms with Gasteiger partial charge in [0.15, 0.2) is 5.78 Å². The summed E-state index contributed by atoms with van der Waals surface area (Å²) in [5, 5.41) is 0. The monoisotopic (exact) mass is 220 g/mol. The number of rotatable bonds is 3. The number of hydrogen-bond donors (Lipinski definition) is 0. The first kappa shape index (κ1) is 12.8. The molecule has 0 saturated heterocycles. The molecular formula is C13H20N2O. The second-order valence-electron chi connectivity index (χ2n) is 5.26. The molecule has 0 N–H and O–H groups in total. The molecule has 0 aliphatic carbocycles. The third-order valence-electron chi connectivity index (χ3n) is 2.53. The lowest BCUT2D eigenvalue weighted by Crippen LogP contribution is -2.35. The summed E-state index contributed by atoms with van der Waals surface area (Å²) in [6.07, 6.45) is 3.45. The molecular weight excluding hydrogens is 200 g/mol. The average molecular weight is 220 g/mol. The minimum Gasteiger partial charge on any atom is -0.297 e. The van der Waals surface area contributed by atoms with Gasteiger partial charge >= 0.3 is 0 Å². The van der Waals surface area contributed by atoms with Gasteiger partial charge in [0.2, 0.25) is 0 Å². The van der Waals surface area contributed by atoms with Crippen LogP contribution < -0.4 is 0 Å². The third-order valence-corrected chi connectivity index (χ3v) is 2.53. The zero-order valence-electron chi connectivity index (χ0n) is 10.7. The predicted octanol–water partition coefficient (Wildman–Crippen LogP) is 2.30. The van der Waals surface area contributed by atoms with E-state index in [0.29, 0.717) is 0 Å². The molecule has 88 valence electrons. The molecule has 3 heteroatoms. The fraction of sp³-hybridized carbons (Fsp3) is 0.538. The van der Waals surface area contributed by atoms with Crippen molar-refractivity contribution in [2.24, 2.45) is 5.41 Å².